The summed E-state index contributed by atoms with van der Waals surface area (Å²) >= 11 is 6.15. The van der Waals surface area contributed by atoms with E-state index in [1.165, 1.54) is 61.8 Å². The fraction of sp³-hybridized carbons (Fsp3) is 0.462. The Labute approximate surface area is 184 Å². The van der Waals surface area contributed by atoms with Crippen LogP contribution in [0.5, 0.6) is 5.75 Å². The number of piperidine rings is 1. The summed E-state index contributed by atoms with van der Waals surface area (Å²) in [5, 5.41) is 2.13. The molecule has 5 rings (SSSR count). The van der Waals surface area contributed by atoms with Crippen LogP contribution in [0.2, 0.25) is 5.02 Å². The summed E-state index contributed by atoms with van der Waals surface area (Å²) in [4.78, 5) is 6.10. The van der Waals surface area contributed by atoms with Crippen LogP contribution in [0.25, 0.3) is 10.9 Å². The van der Waals surface area contributed by atoms with E-state index in [1.807, 2.05) is 12.1 Å². The summed E-state index contributed by atoms with van der Waals surface area (Å²) in [5.74, 6) is 2.36. The van der Waals surface area contributed by atoms with E-state index in [-0.39, 0.29) is 0 Å². The fourth-order valence-electron chi connectivity index (χ4n) is 5.38. The average molecular weight is 423 g/mol. The predicted octanol–water partition coefficient (Wildman–Crippen LogP) is 6.52. The van der Waals surface area contributed by atoms with Crippen molar-refractivity contribution < 1.29 is 4.74 Å². The maximum Gasteiger partial charge on any atom is 0.119 e. The Balaban J connectivity index is 1.20. The van der Waals surface area contributed by atoms with Crippen molar-refractivity contribution in [2.45, 2.75) is 50.9 Å². The lowest BCUT2D eigenvalue weighted by atomic mass is 9.88. The normalized spacial score (nSPS) is 20.0. The van der Waals surface area contributed by atoms with Crippen molar-refractivity contribution in [1.82, 2.24) is 9.88 Å². The predicted molar refractivity (Wildman–Crippen MR) is 125 cm³/mol. The monoisotopic (exact) mass is 422 g/mol. The van der Waals surface area contributed by atoms with Gasteiger partial charge in [0.25, 0.3) is 0 Å². The van der Waals surface area contributed by atoms with Crippen LogP contribution < -0.4 is 4.74 Å². The minimum atomic E-state index is 0.644. The van der Waals surface area contributed by atoms with Gasteiger partial charge in [-0.2, -0.15) is 0 Å². The maximum atomic E-state index is 6.15. The Hall–Kier alpha value is -1.97. The lowest BCUT2D eigenvalue weighted by Gasteiger charge is -2.33. The zero-order valence-corrected chi connectivity index (χ0v) is 18.5. The number of aromatic amines is 1. The molecule has 158 valence electrons. The largest absolute Gasteiger partial charge is 0.494 e. The lowest BCUT2D eigenvalue weighted by molar-refractivity contribution is 0.200. The van der Waals surface area contributed by atoms with Gasteiger partial charge in [0.15, 0.2) is 0 Å². The molecular weight excluding hydrogens is 392 g/mol. The number of aromatic nitrogens is 1. The highest BCUT2D eigenvalue weighted by molar-refractivity contribution is 6.31. The van der Waals surface area contributed by atoms with Crippen molar-refractivity contribution in [3.63, 3.8) is 0 Å². The van der Waals surface area contributed by atoms with E-state index in [0.29, 0.717) is 11.8 Å². The number of ether oxygens (including phenoxy) is 1. The highest BCUT2D eigenvalue weighted by atomic mass is 35.5. The Kier molecular flexibility index (Phi) is 5.75. The van der Waals surface area contributed by atoms with Crippen molar-refractivity contribution in [1.29, 1.82) is 0 Å². The molecule has 0 saturated carbocycles. The third-order valence-electron chi connectivity index (χ3n) is 6.97. The zero-order valence-electron chi connectivity index (χ0n) is 17.8. The van der Waals surface area contributed by atoms with Gasteiger partial charge < -0.3 is 14.6 Å². The molecule has 3 aromatic rings. The van der Waals surface area contributed by atoms with Gasteiger partial charge in [-0.3, -0.25) is 0 Å². The second-order valence-electron chi connectivity index (χ2n) is 8.95. The topological polar surface area (TPSA) is 28.3 Å². The first-order valence-corrected chi connectivity index (χ1v) is 11.8. The molecule has 1 atom stereocenters. The van der Waals surface area contributed by atoms with Crippen LogP contribution in [0.15, 0.2) is 42.6 Å². The molecule has 0 amide bonds. The van der Waals surface area contributed by atoms with Crippen LogP contribution in [-0.4, -0.2) is 36.1 Å². The third-order valence-corrected chi connectivity index (χ3v) is 7.21. The quantitative estimate of drug-likeness (QED) is 0.489. The van der Waals surface area contributed by atoms with Gasteiger partial charge in [-0.15, -0.1) is 0 Å². The number of rotatable bonds is 6. The molecule has 2 aliphatic rings. The van der Waals surface area contributed by atoms with E-state index in [1.54, 1.807) is 5.56 Å². The Bertz CT molecular complexity index is 1020. The standard InChI is InChI=1S/C26H31ClN2O/c1-2-13-30-22-6-8-23-19(14-22)3-4-20(23)17-29-11-9-18(10-12-29)25-16-28-26-15-21(27)5-7-24(25)26/h5-8,14-16,18,20,28H,2-4,9-13,17H2,1H3. The minimum absolute atomic E-state index is 0.644. The van der Waals surface area contributed by atoms with Gasteiger partial charge in [0.2, 0.25) is 0 Å². The van der Waals surface area contributed by atoms with Crippen LogP contribution in [0.1, 0.15) is 61.1 Å². The molecule has 1 aromatic heterocycles. The molecule has 0 radical (unpaired) electrons. The van der Waals surface area contributed by atoms with E-state index in [4.69, 9.17) is 16.3 Å². The second kappa shape index (κ2) is 8.64. The number of nitrogens with zero attached hydrogens (tertiary/aromatic N) is 1. The molecule has 0 bridgehead atoms. The van der Waals surface area contributed by atoms with E-state index in [0.717, 1.165) is 29.3 Å². The smallest absolute Gasteiger partial charge is 0.119 e. The molecule has 2 heterocycles. The first-order chi connectivity index (χ1) is 14.7. The van der Waals surface area contributed by atoms with Gasteiger partial charge in [0.05, 0.1) is 6.61 Å². The van der Waals surface area contributed by atoms with Crippen LogP contribution in [0.3, 0.4) is 0 Å². The van der Waals surface area contributed by atoms with Crippen LogP contribution in [0, 0.1) is 0 Å². The molecule has 0 spiro atoms. The van der Waals surface area contributed by atoms with E-state index in [2.05, 4.69) is 47.3 Å². The van der Waals surface area contributed by atoms with Gasteiger partial charge in [-0.25, -0.2) is 0 Å². The second-order valence-corrected chi connectivity index (χ2v) is 9.39. The lowest BCUT2D eigenvalue weighted by Crippen LogP contribution is -2.35. The zero-order chi connectivity index (χ0) is 20.5. The van der Waals surface area contributed by atoms with Gasteiger partial charge >= 0.3 is 0 Å². The molecule has 1 N–H and O–H groups in total. The SMILES string of the molecule is CCCOc1ccc2c(c1)CCC2CN1CCC(c2c[nH]c3cc(Cl)ccc23)CC1. The summed E-state index contributed by atoms with van der Waals surface area (Å²) in [6.07, 6.45) is 8.19. The van der Waals surface area contributed by atoms with Crippen molar-refractivity contribution in [3.8, 4) is 5.75 Å². The molecule has 1 aliphatic carbocycles. The van der Waals surface area contributed by atoms with Crippen molar-refractivity contribution in [3.05, 3.63) is 64.3 Å². The molecular formula is C26H31ClN2O. The van der Waals surface area contributed by atoms with E-state index >= 15 is 0 Å². The molecule has 4 heteroatoms. The molecule has 3 nitrogen and oxygen atoms in total. The number of hydrogen-bond acceptors (Lipinski definition) is 2. The van der Waals surface area contributed by atoms with Crippen LogP contribution >= 0.6 is 11.6 Å². The first kappa shape index (κ1) is 20.0. The van der Waals surface area contributed by atoms with Crippen molar-refractivity contribution >= 4 is 22.5 Å². The minimum Gasteiger partial charge on any atom is -0.494 e. The number of nitrogens with one attached hydrogen (secondary N) is 1. The average Bonchev–Trinajstić information content (AvgIpc) is 3.36. The number of benzene rings is 2. The highest BCUT2D eigenvalue weighted by Crippen LogP contribution is 2.38. The summed E-state index contributed by atoms with van der Waals surface area (Å²) in [6, 6.07) is 13.0. The Morgan fingerprint density at radius 3 is 2.77 bits per heavy atom. The molecule has 30 heavy (non-hydrogen) atoms. The van der Waals surface area contributed by atoms with Crippen molar-refractivity contribution in [2.75, 3.05) is 26.2 Å². The number of fused-ring (bicyclic) bond motifs is 2. The van der Waals surface area contributed by atoms with Gasteiger partial charge in [-0.05, 0) is 98.0 Å². The van der Waals surface area contributed by atoms with E-state index < -0.39 is 0 Å². The number of likely N-dealkylation sites (tertiary alicyclic amines) is 1. The maximum absolute atomic E-state index is 6.15. The number of H-pyrrole nitrogens is 1. The molecule has 1 fully saturated rings. The van der Waals surface area contributed by atoms with Gasteiger partial charge in [-0.1, -0.05) is 30.7 Å². The number of halogens is 1. The van der Waals surface area contributed by atoms with Gasteiger partial charge in [0.1, 0.15) is 5.75 Å². The first-order valence-electron chi connectivity index (χ1n) is 11.5. The summed E-state index contributed by atoms with van der Waals surface area (Å²) in [7, 11) is 0. The van der Waals surface area contributed by atoms with Crippen molar-refractivity contribution in [2.24, 2.45) is 0 Å². The van der Waals surface area contributed by atoms with Crippen LogP contribution in [-0.2, 0) is 6.42 Å². The molecule has 1 unspecified atom stereocenters. The molecule has 2 aromatic carbocycles. The fourth-order valence-corrected chi connectivity index (χ4v) is 5.55. The molecule has 1 aliphatic heterocycles. The van der Waals surface area contributed by atoms with Crippen LogP contribution in [0.4, 0.5) is 0 Å². The highest BCUT2D eigenvalue weighted by Gasteiger charge is 2.28. The Morgan fingerprint density at radius 2 is 1.93 bits per heavy atom. The third kappa shape index (κ3) is 3.98. The number of aryl methyl sites for hydroxylation is 1. The van der Waals surface area contributed by atoms with Gasteiger partial charge in [0, 0.05) is 28.7 Å². The Morgan fingerprint density at radius 1 is 1.07 bits per heavy atom. The number of hydrogen-bond donors (Lipinski definition) is 1. The summed E-state index contributed by atoms with van der Waals surface area (Å²) in [6.45, 7) is 6.53. The van der Waals surface area contributed by atoms with E-state index in [9.17, 15) is 0 Å². The molecule has 1 saturated heterocycles. The summed E-state index contributed by atoms with van der Waals surface area (Å²) in [5.41, 5.74) is 5.67. The summed E-state index contributed by atoms with van der Waals surface area (Å²) < 4.78 is 5.83.